The van der Waals surface area contributed by atoms with Gasteiger partial charge in [0.25, 0.3) is 0 Å². The second kappa shape index (κ2) is 4.03. The molecule has 13 heavy (non-hydrogen) atoms. The van der Waals surface area contributed by atoms with E-state index in [-0.39, 0.29) is 0 Å². The van der Waals surface area contributed by atoms with Crippen molar-refractivity contribution in [2.75, 3.05) is 19.6 Å². The molecule has 0 fully saturated rings. The Hall–Kier alpha value is -0.670. The van der Waals surface area contributed by atoms with Crippen LogP contribution in [0.25, 0.3) is 0 Å². The van der Waals surface area contributed by atoms with Gasteiger partial charge in [-0.3, -0.25) is 0 Å². The van der Waals surface area contributed by atoms with E-state index in [9.17, 15) is 0 Å². The number of nitrogens with zero attached hydrogens (tertiary/aromatic N) is 2. The first-order chi connectivity index (χ1) is 6.08. The Labute approximate surface area is 82.8 Å². The van der Waals surface area contributed by atoms with E-state index in [2.05, 4.69) is 42.3 Å². The topological polar surface area (TPSA) is 12.4 Å². The van der Waals surface area contributed by atoms with Crippen LogP contribution >= 0.6 is 10.5 Å². The van der Waals surface area contributed by atoms with Crippen molar-refractivity contribution in [1.29, 1.82) is 0 Å². The lowest BCUT2D eigenvalue weighted by Gasteiger charge is -2.21. The molecule has 1 unspecified atom stereocenters. The van der Waals surface area contributed by atoms with Gasteiger partial charge in [0.1, 0.15) is 11.7 Å². The number of aliphatic imine (C=N–C) groups is 1. The third-order valence-corrected chi connectivity index (χ3v) is 2.68. The van der Waals surface area contributed by atoms with Crippen LogP contribution in [0.4, 0.5) is 0 Å². The van der Waals surface area contributed by atoms with Gasteiger partial charge in [0, 0.05) is 6.08 Å². The molecule has 0 saturated heterocycles. The van der Waals surface area contributed by atoms with Crippen LogP contribution in [0.3, 0.4) is 0 Å². The van der Waals surface area contributed by atoms with E-state index in [1.807, 2.05) is 19.2 Å². The van der Waals surface area contributed by atoms with Crippen molar-refractivity contribution in [3.05, 3.63) is 24.6 Å². The van der Waals surface area contributed by atoms with Crippen LogP contribution in [0.5, 0.6) is 0 Å². The van der Waals surface area contributed by atoms with Crippen molar-refractivity contribution in [2.24, 2.45) is 4.99 Å². The minimum absolute atomic E-state index is 0.312. The summed E-state index contributed by atoms with van der Waals surface area (Å²) in [4.78, 5) is 4.33. The minimum atomic E-state index is 0.312. The smallest absolute Gasteiger partial charge is 0.219 e. The summed E-state index contributed by atoms with van der Waals surface area (Å²) in [6.45, 7) is 2.02. The van der Waals surface area contributed by atoms with Crippen molar-refractivity contribution in [3.8, 4) is 0 Å². The number of hydrogen-bond acceptors (Lipinski definition) is 1. The lowest BCUT2D eigenvalue weighted by molar-refractivity contribution is -0.647. The molecule has 0 aromatic carbocycles. The Morgan fingerprint density at radius 3 is 2.69 bits per heavy atom. The van der Waals surface area contributed by atoms with Crippen LogP contribution in [0, 0.1) is 0 Å². The van der Waals surface area contributed by atoms with Gasteiger partial charge in [-0.05, 0) is 19.4 Å². The maximum absolute atomic E-state index is 4.33. The van der Waals surface area contributed by atoms with E-state index in [4.69, 9.17) is 0 Å². The Morgan fingerprint density at radius 2 is 2.15 bits per heavy atom. The molecule has 0 bridgehead atoms. The SMILES string of the molecule is CC=CC1=NC=C[N+]1(C)C=S(C)C. The van der Waals surface area contributed by atoms with Crippen LogP contribution in [0.15, 0.2) is 29.5 Å². The third-order valence-electron chi connectivity index (χ3n) is 1.82. The normalized spacial score (nSPS) is 27.3. The van der Waals surface area contributed by atoms with Gasteiger partial charge < -0.3 is 0 Å². The highest BCUT2D eigenvalue weighted by Gasteiger charge is 2.26. The van der Waals surface area contributed by atoms with Crippen LogP contribution in [-0.2, 0) is 0 Å². The predicted octanol–water partition coefficient (Wildman–Crippen LogP) is 2.18. The summed E-state index contributed by atoms with van der Waals surface area (Å²) in [5.41, 5.74) is 2.29. The summed E-state index contributed by atoms with van der Waals surface area (Å²) in [6, 6.07) is 0. The summed E-state index contributed by atoms with van der Waals surface area (Å²) < 4.78 is 0.723. The van der Waals surface area contributed by atoms with Crippen molar-refractivity contribution in [2.45, 2.75) is 6.92 Å². The van der Waals surface area contributed by atoms with Crippen LogP contribution in [-0.4, -0.2) is 35.4 Å². The first-order valence-electron chi connectivity index (χ1n) is 4.25. The lowest BCUT2D eigenvalue weighted by Crippen LogP contribution is -2.39. The van der Waals surface area contributed by atoms with Crippen LogP contribution < -0.4 is 0 Å². The maximum Gasteiger partial charge on any atom is 0.236 e. The van der Waals surface area contributed by atoms with Crippen LogP contribution in [0.2, 0.25) is 0 Å². The molecule has 0 amide bonds. The predicted molar refractivity (Wildman–Crippen MR) is 63.1 cm³/mol. The van der Waals surface area contributed by atoms with Gasteiger partial charge in [-0.2, -0.15) is 4.99 Å². The Bertz CT molecular complexity index is 309. The van der Waals surface area contributed by atoms with Crippen LogP contribution in [0.1, 0.15) is 6.92 Å². The molecule has 1 aliphatic rings. The summed E-state index contributed by atoms with van der Waals surface area (Å²) >= 11 is 0. The van der Waals surface area contributed by atoms with Crippen molar-refractivity contribution in [1.82, 2.24) is 0 Å². The van der Waals surface area contributed by atoms with E-state index in [1.165, 1.54) is 0 Å². The average molecular weight is 197 g/mol. The molecule has 0 aromatic rings. The molecule has 1 aliphatic heterocycles. The number of hydrogen-bond donors (Lipinski definition) is 0. The van der Waals surface area contributed by atoms with Crippen molar-refractivity contribution >= 4 is 21.8 Å². The van der Waals surface area contributed by atoms with E-state index < -0.39 is 0 Å². The first kappa shape index (κ1) is 10.4. The van der Waals surface area contributed by atoms with E-state index in [0.717, 1.165) is 10.3 Å². The van der Waals surface area contributed by atoms with Gasteiger partial charge in [-0.1, -0.05) is 6.08 Å². The minimum Gasteiger partial charge on any atom is -0.219 e. The highest BCUT2D eigenvalue weighted by molar-refractivity contribution is 8.13. The monoisotopic (exact) mass is 197 g/mol. The first-order valence-corrected chi connectivity index (χ1v) is 6.36. The summed E-state index contributed by atoms with van der Waals surface area (Å²) in [7, 11) is 2.46. The average Bonchev–Trinajstić information content (AvgIpc) is 2.32. The van der Waals surface area contributed by atoms with Crippen molar-refractivity contribution < 1.29 is 4.48 Å². The van der Waals surface area contributed by atoms with Gasteiger partial charge in [0.05, 0.1) is 13.2 Å². The van der Waals surface area contributed by atoms with Gasteiger partial charge in [0.15, 0.2) is 0 Å². The largest absolute Gasteiger partial charge is 0.236 e. The van der Waals surface area contributed by atoms with E-state index in [1.54, 1.807) is 0 Å². The lowest BCUT2D eigenvalue weighted by atomic mass is 10.4. The summed E-state index contributed by atoms with van der Waals surface area (Å²) in [6.07, 6.45) is 12.5. The zero-order valence-electron chi connectivity index (χ0n) is 8.69. The maximum atomic E-state index is 4.33. The van der Waals surface area contributed by atoms with Crippen molar-refractivity contribution in [3.63, 3.8) is 0 Å². The second-order valence-electron chi connectivity index (χ2n) is 3.42. The zero-order chi connectivity index (χ0) is 9.90. The molecule has 0 radical (unpaired) electrons. The van der Waals surface area contributed by atoms with E-state index >= 15 is 0 Å². The molecule has 0 aliphatic carbocycles. The molecule has 72 valence electrons. The highest BCUT2D eigenvalue weighted by atomic mass is 32.2. The highest BCUT2D eigenvalue weighted by Crippen LogP contribution is 2.15. The summed E-state index contributed by atoms with van der Waals surface area (Å²) in [5.74, 6) is 1.09. The molecule has 0 saturated carbocycles. The van der Waals surface area contributed by atoms with Gasteiger partial charge in [-0.15, -0.1) is 10.5 Å². The summed E-state index contributed by atoms with van der Waals surface area (Å²) in [5, 5.41) is 0. The van der Waals surface area contributed by atoms with E-state index in [0.29, 0.717) is 10.5 Å². The Morgan fingerprint density at radius 1 is 1.46 bits per heavy atom. The van der Waals surface area contributed by atoms with Gasteiger partial charge in [-0.25, -0.2) is 4.48 Å². The number of allylic oxidation sites excluding steroid dienone is 1. The molecule has 0 aromatic heterocycles. The number of amidine groups is 1. The molecular weight excluding hydrogens is 180 g/mol. The Kier molecular flexibility index (Phi) is 3.22. The number of likely N-dealkylation sites (N-methyl/N-ethyl adjacent to an activating group) is 1. The molecule has 3 heteroatoms. The van der Waals surface area contributed by atoms with Gasteiger partial charge in [0.2, 0.25) is 5.84 Å². The molecule has 1 rings (SSSR count). The molecule has 1 atom stereocenters. The molecule has 1 heterocycles. The fraction of sp³-hybridized carbons (Fsp3) is 0.400. The zero-order valence-corrected chi connectivity index (χ0v) is 9.51. The molecule has 0 N–H and O–H groups in total. The fourth-order valence-electron chi connectivity index (χ4n) is 1.33. The molecule has 0 spiro atoms. The quantitative estimate of drug-likeness (QED) is 0.475. The fourth-order valence-corrected chi connectivity index (χ4v) is 2.38. The molecular formula is C10H17N2S+. The molecule has 2 nitrogen and oxygen atoms in total. The van der Waals surface area contributed by atoms with Gasteiger partial charge >= 0.3 is 0 Å². The standard InChI is InChI=1S/C10H17N2S/c1-5-6-10-11-7-8-12(10,2)9-13(3)4/h5-9H,1-4H3/q+1. The third kappa shape index (κ3) is 2.39. The number of rotatable bonds is 2. The Balaban J connectivity index is 2.98. The second-order valence-corrected chi connectivity index (χ2v) is 5.39. The number of quaternary nitrogens is 1.